The maximum atomic E-state index is 13.0. The number of amides is 4. The fourth-order valence-electron chi connectivity index (χ4n) is 9.80. The highest BCUT2D eigenvalue weighted by atomic mass is 16.5. The number of nitrogens with one attached hydrogen (secondary N) is 2. The van der Waals surface area contributed by atoms with Crippen molar-refractivity contribution in [2.45, 2.75) is 63.8 Å². The van der Waals surface area contributed by atoms with Crippen LogP contribution in [0.15, 0.2) is 73.2 Å². The Morgan fingerprint density at radius 3 is 2.38 bits per heavy atom. The molecule has 0 bridgehead atoms. The average molecular weight is 780 g/mol. The van der Waals surface area contributed by atoms with Crippen LogP contribution < -0.4 is 25.2 Å². The van der Waals surface area contributed by atoms with E-state index in [1.807, 2.05) is 24.3 Å². The van der Waals surface area contributed by atoms with Gasteiger partial charge >= 0.3 is 6.03 Å². The number of carbonyl (C=O) groups is 3. The van der Waals surface area contributed by atoms with Gasteiger partial charge in [-0.05, 0) is 100 Å². The van der Waals surface area contributed by atoms with Crippen LogP contribution in [0, 0.1) is 17.9 Å². The second-order valence-corrected chi connectivity index (χ2v) is 16.6. The van der Waals surface area contributed by atoms with Crippen molar-refractivity contribution in [3.8, 4) is 5.75 Å². The average Bonchev–Trinajstić information content (AvgIpc) is 3.67. The first-order valence-corrected chi connectivity index (χ1v) is 20.6. The van der Waals surface area contributed by atoms with E-state index in [4.69, 9.17) is 16.4 Å². The molecule has 0 atom stereocenters. The molecule has 9 rings (SSSR count). The van der Waals surface area contributed by atoms with Crippen LogP contribution in [-0.2, 0) is 4.79 Å². The Balaban J connectivity index is 0.768. The topological polar surface area (TPSA) is 129 Å². The molecule has 2 N–H and O–H groups in total. The lowest BCUT2D eigenvalue weighted by Crippen LogP contribution is -2.49. The molecule has 58 heavy (non-hydrogen) atoms. The van der Waals surface area contributed by atoms with Crippen molar-refractivity contribution in [1.82, 2.24) is 25.0 Å². The van der Waals surface area contributed by atoms with Gasteiger partial charge < -0.3 is 19.9 Å². The number of hydrogen-bond acceptors (Lipinski definition) is 8. The van der Waals surface area contributed by atoms with E-state index in [0.717, 1.165) is 53.3 Å². The van der Waals surface area contributed by atoms with Gasteiger partial charge in [-0.15, -0.1) is 0 Å². The zero-order valence-corrected chi connectivity index (χ0v) is 33.0. The standard InChI is InChI=1S/C45H49N9O4/c1-46-33-23-31(26-47-27-33)43(56)48-38-24-32-29-54(50-37(32)25-41(38)58-2)34-11-9-30(10-12-34)28-51-19-14-45(15-20-51)16-21-52(22-17-45)39-7-3-6-36-35(39)5-4-8-40(36)53-18-13-42(55)49-44(53)57/h3-8,23-27,29-30,34H,9-22,28H2,2H3,(H,48,56)(H,49,55,57). The fourth-order valence-corrected chi connectivity index (χ4v) is 9.80. The predicted octanol–water partition coefficient (Wildman–Crippen LogP) is 7.96. The Hall–Kier alpha value is -6.00. The SMILES string of the molecule is [C-]#[N+]c1cncc(C(=O)Nc2cc3cn(C4CCC(CN5CCC6(CC5)CCN(c5cccc7c(N8CCC(=O)NC8=O)cccc57)CC6)CC4)nc3cc2OC)c1. The minimum atomic E-state index is -0.351. The number of urea groups is 1. The summed E-state index contributed by atoms with van der Waals surface area (Å²) in [7, 11) is 1.58. The Kier molecular flexibility index (Phi) is 10.2. The van der Waals surface area contributed by atoms with Crippen molar-refractivity contribution in [2.75, 3.05) is 61.5 Å². The first-order chi connectivity index (χ1) is 28.3. The molecule has 4 fully saturated rings. The third kappa shape index (κ3) is 7.44. The molecule has 1 saturated carbocycles. The summed E-state index contributed by atoms with van der Waals surface area (Å²) in [5.74, 6) is 0.658. The first-order valence-electron chi connectivity index (χ1n) is 20.6. The van der Waals surface area contributed by atoms with E-state index in [1.165, 1.54) is 82.3 Å². The number of anilines is 3. The van der Waals surface area contributed by atoms with E-state index in [2.05, 4.69) is 65.4 Å². The number of aromatic nitrogens is 3. The van der Waals surface area contributed by atoms with Crippen LogP contribution in [0.3, 0.4) is 0 Å². The summed E-state index contributed by atoms with van der Waals surface area (Å²) >= 11 is 0. The molecule has 5 heterocycles. The molecule has 13 heteroatoms. The van der Waals surface area contributed by atoms with Crippen LogP contribution in [0.2, 0.25) is 0 Å². The Bertz CT molecular complexity index is 2410. The van der Waals surface area contributed by atoms with Crippen LogP contribution >= 0.6 is 0 Å². The second-order valence-electron chi connectivity index (χ2n) is 16.6. The lowest BCUT2D eigenvalue weighted by molar-refractivity contribution is -0.120. The third-order valence-corrected chi connectivity index (χ3v) is 13.2. The molecule has 0 radical (unpaired) electrons. The summed E-state index contributed by atoms with van der Waals surface area (Å²) in [4.78, 5) is 51.8. The highest BCUT2D eigenvalue weighted by Crippen LogP contribution is 2.44. The van der Waals surface area contributed by atoms with E-state index in [0.29, 0.717) is 53.0 Å². The summed E-state index contributed by atoms with van der Waals surface area (Å²) in [6.45, 7) is 13.2. The van der Waals surface area contributed by atoms with E-state index in [-0.39, 0.29) is 17.8 Å². The van der Waals surface area contributed by atoms with Crippen molar-refractivity contribution >= 4 is 62.3 Å². The second kappa shape index (κ2) is 15.7. The Morgan fingerprint density at radius 1 is 0.931 bits per heavy atom. The van der Waals surface area contributed by atoms with E-state index >= 15 is 0 Å². The molecule has 3 aliphatic heterocycles. The van der Waals surface area contributed by atoms with Gasteiger partial charge in [-0.25, -0.2) is 9.64 Å². The number of ether oxygens (including phenoxy) is 1. The van der Waals surface area contributed by atoms with Crippen LogP contribution in [0.1, 0.15) is 74.2 Å². The zero-order chi connectivity index (χ0) is 39.8. The number of nitrogens with zero attached hydrogens (tertiary/aromatic N) is 7. The number of benzene rings is 3. The van der Waals surface area contributed by atoms with Gasteiger partial charge in [0.15, 0.2) is 0 Å². The molecule has 298 valence electrons. The Labute approximate surface area is 338 Å². The molecule has 3 aromatic carbocycles. The van der Waals surface area contributed by atoms with Gasteiger partial charge in [0.2, 0.25) is 11.6 Å². The summed E-state index contributed by atoms with van der Waals surface area (Å²) < 4.78 is 7.73. The lowest BCUT2D eigenvalue weighted by Gasteiger charge is -2.48. The van der Waals surface area contributed by atoms with Gasteiger partial charge in [0.25, 0.3) is 5.91 Å². The molecule has 4 amide bonds. The number of methoxy groups -OCH3 is 1. The molecular weight excluding hydrogens is 731 g/mol. The highest BCUT2D eigenvalue weighted by molar-refractivity contribution is 6.11. The maximum Gasteiger partial charge on any atom is 0.328 e. The largest absolute Gasteiger partial charge is 0.494 e. The van der Waals surface area contributed by atoms with Gasteiger partial charge in [0, 0.05) is 84.7 Å². The number of fused-ring (bicyclic) bond motifs is 2. The van der Waals surface area contributed by atoms with E-state index in [9.17, 15) is 14.4 Å². The summed E-state index contributed by atoms with van der Waals surface area (Å²) in [5, 5.41) is 13.5. The van der Waals surface area contributed by atoms with Gasteiger partial charge in [-0.2, -0.15) is 5.10 Å². The summed E-state index contributed by atoms with van der Waals surface area (Å²) in [5.41, 5.74) is 4.50. The van der Waals surface area contributed by atoms with Crippen molar-refractivity contribution in [2.24, 2.45) is 11.3 Å². The van der Waals surface area contributed by atoms with Gasteiger partial charge in [0.05, 0.1) is 36.6 Å². The molecule has 1 aliphatic carbocycles. The monoisotopic (exact) mass is 779 g/mol. The van der Waals surface area contributed by atoms with Crippen LogP contribution in [0.4, 0.5) is 27.5 Å². The van der Waals surface area contributed by atoms with E-state index < -0.39 is 0 Å². The fraction of sp³-hybridized carbons (Fsp3) is 0.422. The van der Waals surface area contributed by atoms with Crippen molar-refractivity contribution < 1.29 is 19.1 Å². The molecule has 2 aromatic heterocycles. The smallest absolute Gasteiger partial charge is 0.328 e. The number of piperidine rings is 2. The number of pyridine rings is 1. The zero-order valence-electron chi connectivity index (χ0n) is 33.0. The minimum absolute atomic E-state index is 0.219. The van der Waals surface area contributed by atoms with Crippen LogP contribution in [0.25, 0.3) is 26.5 Å². The minimum Gasteiger partial charge on any atom is -0.494 e. The van der Waals surface area contributed by atoms with Gasteiger partial charge in [-0.1, -0.05) is 24.3 Å². The van der Waals surface area contributed by atoms with Crippen molar-refractivity contribution in [3.05, 3.63) is 90.2 Å². The molecular formula is C45H49N9O4. The highest BCUT2D eigenvalue weighted by Gasteiger charge is 2.38. The van der Waals surface area contributed by atoms with Crippen molar-refractivity contribution in [3.63, 3.8) is 0 Å². The number of rotatable bonds is 8. The van der Waals surface area contributed by atoms with Crippen LogP contribution in [-0.4, -0.2) is 83.9 Å². The number of hydrogen-bond donors (Lipinski definition) is 2. The summed E-state index contributed by atoms with van der Waals surface area (Å²) in [6, 6.07) is 17.8. The van der Waals surface area contributed by atoms with Gasteiger partial charge in [-0.3, -0.25) is 29.5 Å². The quantitative estimate of drug-likeness (QED) is 0.152. The third-order valence-electron chi connectivity index (χ3n) is 13.2. The molecule has 5 aromatic rings. The molecule has 0 unspecified atom stereocenters. The number of carbonyl (C=O) groups excluding carboxylic acids is 3. The molecule has 13 nitrogen and oxygen atoms in total. The summed E-state index contributed by atoms with van der Waals surface area (Å²) in [6.07, 6.45) is 14.8. The maximum absolute atomic E-state index is 13.0. The van der Waals surface area contributed by atoms with Crippen LogP contribution in [0.5, 0.6) is 5.75 Å². The lowest BCUT2D eigenvalue weighted by atomic mass is 9.71. The molecule has 3 saturated heterocycles. The molecule has 4 aliphatic rings. The Morgan fingerprint density at radius 2 is 1.66 bits per heavy atom. The predicted molar refractivity (Wildman–Crippen MR) is 225 cm³/mol. The molecule has 1 spiro atoms. The van der Waals surface area contributed by atoms with Crippen molar-refractivity contribution in [1.29, 1.82) is 0 Å². The first kappa shape index (κ1) is 37.6. The number of imide groups is 1. The normalized spacial score (nSPS) is 21.2. The van der Waals surface area contributed by atoms with E-state index in [1.54, 1.807) is 12.0 Å². The van der Waals surface area contributed by atoms with Gasteiger partial charge in [0.1, 0.15) is 5.75 Å². The number of likely N-dealkylation sites (tertiary alicyclic amines) is 1.